The number of carbonyl (C=O) groups excluding carboxylic acids is 2. The van der Waals surface area contributed by atoms with Gasteiger partial charge in [0.15, 0.2) is 11.6 Å². The van der Waals surface area contributed by atoms with Crippen LogP contribution >= 0.6 is 22.7 Å². The zero-order valence-electron chi connectivity index (χ0n) is 15.3. The van der Waals surface area contributed by atoms with Crippen LogP contribution in [0.15, 0.2) is 47.2 Å². The average molecular weight is 407 g/mol. The predicted molar refractivity (Wildman–Crippen MR) is 114 cm³/mol. The fourth-order valence-corrected chi connectivity index (χ4v) is 5.40. The van der Waals surface area contributed by atoms with E-state index in [9.17, 15) is 9.59 Å². The number of carbonyl (C=O) groups is 2. The van der Waals surface area contributed by atoms with Crippen LogP contribution in [0, 0.1) is 0 Å². The number of hydrogen-bond acceptors (Lipinski definition) is 5. The van der Waals surface area contributed by atoms with Gasteiger partial charge in [0.25, 0.3) is 0 Å². The van der Waals surface area contributed by atoms with E-state index < -0.39 is 0 Å². The molecule has 1 aliphatic rings. The summed E-state index contributed by atoms with van der Waals surface area (Å²) in [6, 6.07) is 12.0. The molecule has 4 aromatic rings. The molecule has 140 valence electrons. The summed E-state index contributed by atoms with van der Waals surface area (Å²) in [6.07, 6.45) is 1.74. The molecule has 1 aliphatic heterocycles. The van der Waals surface area contributed by atoms with Crippen molar-refractivity contribution in [3.8, 4) is 10.6 Å². The molecule has 0 bridgehead atoms. The molecule has 0 N–H and O–H groups in total. The second-order valence-electron chi connectivity index (χ2n) is 7.19. The number of Topliss-reactive ketones (excluding diaryl/α,β-unsaturated/α-hetero) is 2. The number of ketones is 2. The Labute approximate surface area is 170 Å². The first-order chi connectivity index (χ1) is 13.6. The Morgan fingerprint density at radius 2 is 2.14 bits per heavy atom. The minimum Gasteiger partial charge on any atom is -0.335 e. The van der Waals surface area contributed by atoms with Gasteiger partial charge < -0.3 is 4.57 Å². The maximum absolute atomic E-state index is 12.9. The maximum Gasteiger partial charge on any atom is 0.179 e. The first-order valence-corrected chi connectivity index (χ1v) is 11.1. The van der Waals surface area contributed by atoms with Crippen molar-refractivity contribution in [1.82, 2.24) is 9.55 Å². The Kier molecular flexibility index (Phi) is 4.25. The Hall–Kier alpha value is -2.57. The molecule has 0 saturated carbocycles. The molecule has 0 radical (unpaired) electrons. The number of fused-ring (bicyclic) bond motifs is 3. The smallest absolute Gasteiger partial charge is 0.179 e. The zero-order chi connectivity index (χ0) is 19.3. The molecule has 1 unspecified atom stereocenters. The van der Waals surface area contributed by atoms with E-state index in [0.717, 1.165) is 38.6 Å². The van der Waals surface area contributed by atoms with Crippen LogP contribution in [0.3, 0.4) is 0 Å². The first kappa shape index (κ1) is 17.5. The Morgan fingerprint density at radius 1 is 1.25 bits per heavy atom. The summed E-state index contributed by atoms with van der Waals surface area (Å²) in [5.74, 6) is 0.241. The van der Waals surface area contributed by atoms with Crippen molar-refractivity contribution in [1.29, 1.82) is 0 Å². The lowest BCUT2D eigenvalue weighted by Crippen LogP contribution is -2.19. The quantitative estimate of drug-likeness (QED) is 0.403. The molecule has 3 aromatic heterocycles. The van der Waals surface area contributed by atoms with Crippen molar-refractivity contribution in [3.63, 3.8) is 0 Å². The molecule has 0 saturated heterocycles. The van der Waals surface area contributed by atoms with E-state index in [1.54, 1.807) is 11.3 Å². The molecule has 1 aromatic carbocycles. The minimum atomic E-state index is 0.0549. The summed E-state index contributed by atoms with van der Waals surface area (Å²) in [7, 11) is 0. The summed E-state index contributed by atoms with van der Waals surface area (Å²) >= 11 is 3.17. The van der Waals surface area contributed by atoms with Crippen molar-refractivity contribution < 1.29 is 9.59 Å². The molecule has 4 nitrogen and oxygen atoms in total. The number of nitrogens with zero attached hydrogens (tertiary/aromatic N) is 2. The Morgan fingerprint density at radius 3 is 2.96 bits per heavy atom. The third-order valence-corrected chi connectivity index (χ3v) is 7.06. The largest absolute Gasteiger partial charge is 0.335 e. The fraction of sp³-hybridized carbons (Fsp3) is 0.227. The van der Waals surface area contributed by atoms with Crippen molar-refractivity contribution in [3.05, 3.63) is 63.4 Å². The highest BCUT2D eigenvalue weighted by Crippen LogP contribution is 2.32. The predicted octanol–water partition coefficient (Wildman–Crippen LogP) is 5.79. The lowest BCUT2D eigenvalue weighted by molar-refractivity contribution is 0.0945. The maximum atomic E-state index is 12.9. The molecule has 1 atom stereocenters. The van der Waals surface area contributed by atoms with Gasteiger partial charge in [-0.05, 0) is 36.9 Å². The second kappa shape index (κ2) is 6.79. The topological polar surface area (TPSA) is 52.0 Å². The van der Waals surface area contributed by atoms with Gasteiger partial charge in [0.05, 0.1) is 22.7 Å². The Bertz CT molecular complexity index is 1200. The molecule has 0 spiro atoms. The summed E-state index contributed by atoms with van der Waals surface area (Å²) in [5, 5.41) is 5.88. The lowest BCUT2D eigenvalue weighted by Gasteiger charge is -2.22. The normalized spacial score (nSPS) is 16.5. The molecule has 0 fully saturated rings. The van der Waals surface area contributed by atoms with E-state index in [0.29, 0.717) is 18.4 Å². The monoisotopic (exact) mass is 406 g/mol. The standard InChI is InChI=1S/C22H18N2O2S2/c1-13-4-7-19(25)18-9-14-5-6-15(10-17(14)24(13)18)20(26)11-22-23-16(12-28-22)21-3-2-8-27-21/h2-3,5-6,8-10,12-13H,4,7,11H2,1H3. The van der Waals surface area contributed by atoms with Crippen LogP contribution in [0.1, 0.15) is 51.7 Å². The van der Waals surface area contributed by atoms with Crippen molar-refractivity contribution in [2.24, 2.45) is 0 Å². The fourth-order valence-electron chi connectivity index (χ4n) is 3.85. The van der Waals surface area contributed by atoms with E-state index in [1.807, 2.05) is 47.2 Å². The number of benzene rings is 1. The highest BCUT2D eigenvalue weighted by Gasteiger charge is 2.25. The zero-order valence-corrected chi connectivity index (χ0v) is 17.0. The third-order valence-electron chi connectivity index (χ3n) is 5.32. The number of rotatable bonds is 4. The average Bonchev–Trinajstić information content (AvgIpc) is 3.43. The van der Waals surface area contributed by atoms with E-state index >= 15 is 0 Å². The first-order valence-electron chi connectivity index (χ1n) is 9.30. The van der Waals surface area contributed by atoms with Gasteiger partial charge in [0.1, 0.15) is 5.01 Å². The van der Waals surface area contributed by atoms with Gasteiger partial charge in [-0.3, -0.25) is 9.59 Å². The van der Waals surface area contributed by atoms with Crippen LogP contribution in [0.4, 0.5) is 0 Å². The van der Waals surface area contributed by atoms with Gasteiger partial charge in [0, 0.05) is 34.3 Å². The van der Waals surface area contributed by atoms with Gasteiger partial charge in [-0.15, -0.1) is 22.7 Å². The SMILES string of the molecule is CC1CCC(=O)c2cc3ccc(C(=O)Cc4nc(-c5cccs5)cs4)cc3n21. The van der Waals surface area contributed by atoms with Gasteiger partial charge in [-0.1, -0.05) is 18.2 Å². The van der Waals surface area contributed by atoms with Crippen LogP contribution in [-0.4, -0.2) is 21.1 Å². The molecule has 6 heteroatoms. The van der Waals surface area contributed by atoms with E-state index in [2.05, 4.69) is 16.5 Å². The van der Waals surface area contributed by atoms with Crippen LogP contribution in [-0.2, 0) is 6.42 Å². The van der Waals surface area contributed by atoms with E-state index in [4.69, 9.17) is 0 Å². The van der Waals surface area contributed by atoms with Gasteiger partial charge in [0.2, 0.25) is 0 Å². The molecule has 4 heterocycles. The van der Waals surface area contributed by atoms with Crippen molar-refractivity contribution in [2.45, 2.75) is 32.2 Å². The highest BCUT2D eigenvalue weighted by molar-refractivity contribution is 7.14. The number of aromatic nitrogens is 2. The summed E-state index contributed by atoms with van der Waals surface area (Å²) in [4.78, 5) is 30.9. The van der Waals surface area contributed by atoms with Gasteiger partial charge in [-0.25, -0.2) is 4.98 Å². The Balaban J connectivity index is 1.45. The lowest BCUT2D eigenvalue weighted by atomic mass is 10.0. The summed E-state index contributed by atoms with van der Waals surface area (Å²) in [5.41, 5.74) is 3.34. The number of thiazole rings is 1. The molecule has 28 heavy (non-hydrogen) atoms. The molecule has 0 amide bonds. The van der Waals surface area contributed by atoms with Gasteiger partial charge in [-0.2, -0.15) is 0 Å². The second-order valence-corrected chi connectivity index (χ2v) is 9.08. The molecular weight excluding hydrogens is 388 g/mol. The van der Waals surface area contributed by atoms with Gasteiger partial charge >= 0.3 is 0 Å². The van der Waals surface area contributed by atoms with Crippen LogP contribution in [0.25, 0.3) is 21.5 Å². The number of hydrogen-bond donors (Lipinski definition) is 0. The van der Waals surface area contributed by atoms with Crippen molar-refractivity contribution >= 4 is 45.1 Å². The van der Waals surface area contributed by atoms with E-state index in [-0.39, 0.29) is 17.6 Å². The van der Waals surface area contributed by atoms with Crippen LogP contribution in [0.2, 0.25) is 0 Å². The molecular formula is C22H18N2O2S2. The third kappa shape index (κ3) is 2.93. The minimum absolute atomic E-state index is 0.0549. The molecule has 0 aliphatic carbocycles. The van der Waals surface area contributed by atoms with Crippen LogP contribution < -0.4 is 0 Å². The van der Waals surface area contributed by atoms with Crippen LogP contribution in [0.5, 0.6) is 0 Å². The summed E-state index contributed by atoms with van der Waals surface area (Å²) < 4.78 is 2.09. The highest BCUT2D eigenvalue weighted by atomic mass is 32.1. The number of thiophene rings is 1. The van der Waals surface area contributed by atoms with E-state index in [1.165, 1.54) is 11.3 Å². The van der Waals surface area contributed by atoms with Crippen molar-refractivity contribution in [2.75, 3.05) is 0 Å². The molecule has 5 rings (SSSR count). The summed E-state index contributed by atoms with van der Waals surface area (Å²) in [6.45, 7) is 2.13.